The Labute approximate surface area is 128 Å². The number of pyridine rings is 1. The zero-order valence-corrected chi connectivity index (χ0v) is 13.6. The van der Waals surface area contributed by atoms with Gasteiger partial charge in [0.15, 0.2) is 0 Å². The Morgan fingerprint density at radius 1 is 1.35 bits per heavy atom. The van der Waals surface area contributed by atoms with E-state index in [2.05, 4.69) is 50.5 Å². The van der Waals surface area contributed by atoms with Crippen molar-refractivity contribution in [2.24, 2.45) is 7.05 Å². The zero-order valence-electron chi connectivity index (χ0n) is 12.0. The monoisotopic (exact) mass is 336 g/mol. The maximum Gasteiger partial charge on any atom is 0.0521 e. The Morgan fingerprint density at radius 3 is 2.85 bits per heavy atom. The van der Waals surface area contributed by atoms with Crippen molar-refractivity contribution >= 4 is 15.9 Å². The first-order valence-electron chi connectivity index (χ1n) is 7.00. The lowest BCUT2D eigenvalue weighted by molar-refractivity contribution is 0.498. The first-order valence-corrected chi connectivity index (χ1v) is 7.79. The lowest BCUT2D eigenvalue weighted by Gasteiger charge is -2.18. The third-order valence-corrected chi connectivity index (χ3v) is 3.68. The van der Waals surface area contributed by atoms with Gasteiger partial charge in [-0.1, -0.05) is 6.92 Å². The molecule has 108 valence electrons. The summed E-state index contributed by atoms with van der Waals surface area (Å²) < 4.78 is 2.88. The van der Waals surface area contributed by atoms with Crippen LogP contribution in [0.15, 0.2) is 35.3 Å². The van der Waals surface area contributed by atoms with Crippen LogP contribution in [-0.2, 0) is 13.5 Å². The highest BCUT2D eigenvalue weighted by Crippen LogP contribution is 2.21. The molecule has 1 atom stereocenters. The van der Waals surface area contributed by atoms with E-state index < -0.39 is 0 Å². The third-order valence-electron chi connectivity index (χ3n) is 3.25. The van der Waals surface area contributed by atoms with Gasteiger partial charge in [-0.15, -0.1) is 0 Å². The first-order chi connectivity index (χ1) is 9.69. The van der Waals surface area contributed by atoms with Crippen LogP contribution in [0.1, 0.15) is 36.9 Å². The van der Waals surface area contributed by atoms with Crippen LogP contribution in [0.5, 0.6) is 0 Å². The fourth-order valence-corrected chi connectivity index (χ4v) is 2.62. The number of aryl methyl sites for hydroxylation is 2. The van der Waals surface area contributed by atoms with Crippen LogP contribution < -0.4 is 5.32 Å². The topological polar surface area (TPSA) is 42.7 Å². The van der Waals surface area contributed by atoms with E-state index in [0.29, 0.717) is 6.04 Å². The van der Waals surface area contributed by atoms with Gasteiger partial charge in [0.05, 0.1) is 6.20 Å². The molecule has 0 aliphatic rings. The van der Waals surface area contributed by atoms with Crippen molar-refractivity contribution in [1.29, 1.82) is 0 Å². The highest BCUT2D eigenvalue weighted by molar-refractivity contribution is 9.10. The van der Waals surface area contributed by atoms with Gasteiger partial charge in [-0.2, -0.15) is 5.10 Å². The minimum absolute atomic E-state index is 0.333. The van der Waals surface area contributed by atoms with Gasteiger partial charge in [-0.3, -0.25) is 9.67 Å². The molecule has 0 saturated carbocycles. The van der Waals surface area contributed by atoms with Crippen molar-refractivity contribution < 1.29 is 0 Å². The maximum atomic E-state index is 4.27. The molecule has 0 radical (unpaired) electrons. The molecule has 0 aliphatic carbocycles. The van der Waals surface area contributed by atoms with Gasteiger partial charge in [0, 0.05) is 36.2 Å². The predicted molar refractivity (Wildman–Crippen MR) is 84.5 cm³/mol. The zero-order chi connectivity index (χ0) is 14.4. The van der Waals surface area contributed by atoms with E-state index >= 15 is 0 Å². The Bertz CT molecular complexity index is 538. The van der Waals surface area contributed by atoms with Crippen molar-refractivity contribution in [2.45, 2.75) is 32.2 Å². The quantitative estimate of drug-likeness (QED) is 0.843. The predicted octanol–water partition coefficient (Wildman–Crippen LogP) is 3.25. The summed E-state index contributed by atoms with van der Waals surface area (Å²) in [5.74, 6) is 0. The number of nitrogens with one attached hydrogen (secondary N) is 1. The molecule has 2 heterocycles. The number of rotatable bonds is 7. The molecule has 1 N–H and O–H groups in total. The van der Waals surface area contributed by atoms with Crippen molar-refractivity contribution in [1.82, 2.24) is 20.1 Å². The largest absolute Gasteiger partial charge is 0.310 e. The number of nitrogens with zero attached hydrogens (tertiary/aromatic N) is 3. The first kappa shape index (κ1) is 15.2. The van der Waals surface area contributed by atoms with Crippen molar-refractivity contribution in [3.05, 3.63) is 46.5 Å². The number of halogens is 1. The molecule has 2 aromatic heterocycles. The average Bonchev–Trinajstić information content (AvgIpc) is 2.85. The molecule has 0 saturated heterocycles. The van der Waals surface area contributed by atoms with Gasteiger partial charge < -0.3 is 5.32 Å². The Balaban J connectivity index is 2.03. The van der Waals surface area contributed by atoms with E-state index in [1.165, 1.54) is 11.1 Å². The Hall–Kier alpha value is -1.20. The third kappa shape index (κ3) is 4.42. The second-order valence-electron chi connectivity index (χ2n) is 5.00. The lowest BCUT2D eigenvalue weighted by Crippen LogP contribution is -2.22. The second kappa shape index (κ2) is 7.55. The molecule has 5 heteroatoms. The average molecular weight is 337 g/mol. The van der Waals surface area contributed by atoms with Crippen LogP contribution in [0.3, 0.4) is 0 Å². The normalized spacial score (nSPS) is 12.6. The molecular formula is C15H21BrN4. The van der Waals surface area contributed by atoms with Crippen molar-refractivity contribution in [3.63, 3.8) is 0 Å². The van der Waals surface area contributed by atoms with Crippen LogP contribution in [0.4, 0.5) is 0 Å². The molecule has 0 aliphatic heterocycles. The Kier molecular flexibility index (Phi) is 5.73. The highest BCUT2D eigenvalue weighted by Gasteiger charge is 2.12. The van der Waals surface area contributed by atoms with Crippen molar-refractivity contribution in [3.8, 4) is 0 Å². The van der Waals surface area contributed by atoms with E-state index in [1.54, 1.807) is 0 Å². The van der Waals surface area contributed by atoms with Crippen LogP contribution in [0.2, 0.25) is 0 Å². The van der Waals surface area contributed by atoms with E-state index in [0.717, 1.165) is 30.3 Å². The van der Waals surface area contributed by atoms with Crippen molar-refractivity contribution in [2.75, 3.05) is 6.54 Å². The fourth-order valence-electron chi connectivity index (χ4n) is 2.24. The molecule has 0 fully saturated rings. The summed E-state index contributed by atoms with van der Waals surface area (Å²) in [6.45, 7) is 3.20. The van der Waals surface area contributed by atoms with Gasteiger partial charge in [-0.05, 0) is 58.9 Å². The van der Waals surface area contributed by atoms with Crippen LogP contribution in [0.25, 0.3) is 0 Å². The molecule has 0 aromatic carbocycles. The number of hydrogen-bond donors (Lipinski definition) is 1. The summed E-state index contributed by atoms with van der Waals surface area (Å²) in [7, 11) is 1.95. The van der Waals surface area contributed by atoms with Gasteiger partial charge in [0.1, 0.15) is 0 Å². The van der Waals surface area contributed by atoms with E-state index in [9.17, 15) is 0 Å². The standard InChI is InChI=1S/C15H21BrN4/c1-3-6-18-15(13-7-14(16)10-17-9-13)5-4-12-8-19-20(2)11-12/h7-11,15,18H,3-6H2,1-2H3. The molecule has 2 rings (SSSR count). The molecule has 1 unspecified atom stereocenters. The number of aromatic nitrogens is 3. The molecule has 0 bridgehead atoms. The highest BCUT2D eigenvalue weighted by atomic mass is 79.9. The summed E-state index contributed by atoms with van der Waals surface area (Å²) in [4.78, 5) is 4.27. The molecule has 0 spiro atoms. The smallest absolute Gasteiger partial charge is 0.0521 e. The van der Waals surface area contributed by atoms with Crippen LogP contribution in [0, 0.1) is 0 Å². The molecule has 4 nitrogen and oxygen atoms in total. The second-order valence-corrected chi connectivity index (χ2v) is 5.92. The van der Waals surface area contributed by atoms with Gasteiger partial charge in [0.2, 0.25) is 0 Å². The maximum absolute atomic E-state index is 4.27. The summed E-state index contributed by atoms with van der Waals surface area (Å²) >= 11 is 3.49. The Morgan fingerprint density at radius 2 is 2.20 bits per heavy atom. The minimum Gasteiger partial charge on any atom is -0.310 e. The molecular weight excluding hydrogens is 316 g/mol. The summed E-state index contributed by atoms with van der Waals surface area (Å²) in [5, 5.41) is 7.82. The number of hydrogen-bond acceptors (Lipinski definition) is 3. The SMILES string of the molecule is CCCNC(CCc1cnn(C)c1)c1cncc(Br)c1. The summed E-state index contributed by atoms with van der Waals surface area (Å²) in [5.41, 5.74) is 2.51. The van der Waals surface area contributed by atoms with E-state index in [4.69, 9.17) is 0 Å². The van der Waals surface area contributed by atoms with E-state index in [1.807, 2.05) is 30.3 Å². The fraction of sp³-hybridized carbons (Fsp3) is 0.467. The lowest BCUT2D eigenvalue weighted by atomic mass is 10.0. The van der Waals surface area contributed by atoms with Gasteiger partial charge >= 0.3 is 0 Å². The minimum atomic E-state index is 0.333. The van der Waals surface area contributed by atoms with Crippen LogP contribution in [-0.4, -0.2) is 21.3 Å². The van der Waals surface area contributed by atoms with E-state index in [-0.39, 0.29) is 0 Å². The molecule has 2 aromatic rings. The van der Waals surface area contributed by atoms with Gasteiger partial charge in [0.25, 0.3) is 0 Å². The van der Waals surface area contributed by atoms with Gasteiger partial charge in [-0.25, -0.2) is 0 Å². The molecule has 20 heavy (non-hydrogen) atoms. The summed E-state index contributed by atoms with van der Waals surface area (Å²) in [6.07, 6.45) is 11.0. The summed E-state index contributed by atoms with van der Waals surface area (Å²) in [6, 6.07) is 2.48. The molecule has 0 amide bonds. The van der Waals surface area contributed by atoms with Crippen LogP contribution >= 0.6 is 15.9 Å².